The third-order valence-electron chi connectivity index (χ3n) is 5.85. The van der Waals surface area contributed by atoms with Crippen molar-refractivity contribution in [3.05, 3.63) is 100 Å². The Bertz CT molecular complexity index is 991. The summed E-state index contributed by atoms with van der Waals surface area (Å²) in [7, 11) is 0. The molecule has 0 saturated heterocycles. The molecule has 0 aromatic heterocycles. The van der Waals surface area contributed by atoms with Crippen molar-refractivity contribution in [3.63, 3.8) is 0 Å². The molecule has 0 unspecified atom stereocenters. The summed E-state index contributed by atoms with van der Waals surface area (Å²) in [6.07, 6.45) is 22.2. The first kappa shape index (κ1) is 29.3. The van der Waals surface area contributed by atoms with E-state index >= 15 is 0 Å². The molecular weight excluding hydrogens is 420 g/mol. The zero-order valence-electron chi connectivity index (χ0n) is 22.1. The van der Waals surface area contributed by atoms with Gasteiger partial charge in [0, 0.05) is 12.0 Å². The van der Waals surface area contributed by atoms with E-state index in [4.69, 9.17) is 0 Å². The Kier molecular flexibility index (Phi) is 11.4. The van der Waals surface area contributed by atoms with Crippen LogP contribution in [0.1, 0.15) is 68.2 Å². The number of ketones is 1. The molecule has 0 heterocycles. The molecule has 2 N–H and O–H groups in total. The van der Waals surface area contributed by atoms with Gasteiger partial charge in [-0.3, -0.25) is 4.79 Å². The van der Waals surface area contributed by atoms with Gasteiger partial charge in [0.2, 0.25) is 0 Å². The summed E-state index contributed by atoms with van der Waals surface area (Å²) in [5.41, 5.74) is 6.79. The number of allylic oxidation sites excluding steroid dienone is 14. The lowest BCUT2D eigenvalue weighted by Crippen LogP contribution is -2.45. The van der Waals surface area contributed by atoms with Crippen molar-refractivity contribution in [2.24, 2.45) is 5.41 Å². The van der Waals surface area contributed by atoms with Crippen LogP contribution in [0.2, 0.25) is 0 Å². The third-order valence-corrected chi connectivity index (χ3v) is 5.85. The highest BCUT2D eigenvalue weighted by Gasteiger charge is 2.44. The summed E-state index contributed by atoms with van der Waals surface area (Å²) in [5, 5.41) is 20.8. The Balaban J connectivity index is 2.79. The highest BCUT2D eigenvalue weighted by molar-refractivity contribution is 5.92. The predicted octanol–water partition coefficient (Wildman–Crippen LogP) is 7.04. The second kappa shape index (κ2) is 13.2. The minimum absolute atomic E-state index is 0.0833. The van der Waals surface area contributed by atoms with Crippen molar-refractivity contribution in [2.45, 2.75) is 79.9 Å². The van der Waals surface area contributed by atoms with Crippen LogP contribution in [0.15, 0.2) is 100 Å². The second-order valence-corrected chi connectivity index (χ2v) is 10.1. The lowest BCUT2D eigenvalue weighted by molar-refractivity contribution is -0.113. The van der Waals surface area contributed by atoms with Crippen LogP contribution >= 0.6 is 0 Å². The Morgan fingerprint density at radius 3 is 1.82 bits per heavy atom. The fourth-order valence-corrected chi connectivity index (χ4v) is 3.98. The summed E-state index contributed by atoms with van der Waals surface area (Å²) in [6, 6.07) is 0. The summed E-state index contributed by atoms with van der Waals surface area (Å²) in [4.78, 5) is 11.2. The normalized spacial score (nSPS) is 24.9. The van der Waals surface area contributed by atoms with Crippen LogP contribution in [0.25, 0.3) is 0 Å². The molecule has 1 saturated carbocycles. The smallest absolute Gasteiger partial charge is 0.155 e. The average Bonchev–Trinajstić information content (AvgIpc) is 2.68. The minimum Gasteiger partial charge on any atom is -0.393 e. The van der Waals surface area contributed by atoms with Gasteiger partial charge in [0.1, 0.15) is 0 Å². The van der Waals surface area contributed by atoms with Gasteiger partial charge >= 0.3 is 0 Å². The quantitative estimate of drug-likeness (QED) is 0.231. The molecule has 0 aromatic carbocycles. The molecule has 34 heavy (non-hydrogen) atoms. The summed E-state index contributed by atoms with van der Waals surface area (Å²) in [6.45, 7) is 15.3. The Labute approximate surface area is 206 Å². The molecule has 0 spiro atoms. The van der Waals surface area contributed by atoms with Crippen molar-refractivity contribution in [3.8, 4) is 0 Å². The summed E-state index contributed by atoms with van der Waals surface area (Å²) >= 11 is 0. The first-order valence-electron chi connectivity index (χ1n) is 11.9. The molecule has 1 fully saturated rings. The van der Waals surface area contributed by atoms with Gasteiger partial charge in [-0.05, 0) is 70.6 Å². The van der Waals surface area contributed by atoms with Crippen molar-refractivity contribution in [1.29, 1.82) is 0 Å². The number of Topliss-reactive ketones (excluding diaryl/α,β-unsaturated/α-hetero) is 1. The van der Waals surface area contributed by atoms with Crippen molar-refractivity contribution in [2.75, 3.05) is 0 Å². The molecule has 1 rings (SSSR count). The molecule has 2 atom stereocenters. The van der Waals surface area contributed by atoms with E-state index in [-0.39, 0.29) is 11.2 Å². The summed E-state index contributed by atoms with van der Waals surface area (Å²) in [5.74, 6) is 0.0833. The number of hydrogen-bond acceptors (Lipinski definition) is 3. The lowest BCUT2D eigenvalue weighted by atomic mass is 9.65. The molecule has 1 aliphatic rings. The van der Waals surface area contributed by atoms with E-state index in [9.17, 15) is 15.0 Å². The number of aliphatic hydroxyl groups is 2. The van der Waals surface area contributed by atoms with Crippen LogP contribution in [0.4, 0.5) is 0 Å². The van der Waals surface area contributed by atoms with Gasteiger partial charge < -0.3 is 10.2 Å². The molecule has 0 bridgehead atoms. The highest BCUT2D eigenvalue weighted by atomic mass is 16.3. The fraction of sp³-hybridized carbons (Fsp3) is 0.419. The molecule has 184 valence electrons. The standard InChI is InChI=1S/C31H42O3/c1-23(13-9-10-14-24(2)17-12-18-26(4)27(5)32)15-11-16-25(3)19-20-29-30(6,7)21-28(33)22-31(29,8)34/h9-19,28,33-34H,21-22H2,1-8H3/b10-9+,15-11+,17-12+,23-13+,24-14+,25-16+,26-18+/t20?,28-,31+/m1/s1. The highest BCUT2D eigenvalue weighted by Crippen LogP contribution is 2.45. The number of carbonyl (C=O) groups excluding carboxylic acids is 1. The zero-order valence-corrected chi connectivity index (χ0v) is 22.1. The van der Waals surface area contributed by atoms with Gasteiger partial charge in [-0.25, -0.2) is 0 Å². The Hall–Kier alpha value is -2.71. The van der Waals surface area contributed by atoms with Crippen LogP contribution in [-0.2, 0) is 4.79 Å². The van der Waals surface area contributed by atoms with Gasteiger partial charge in [0.25, 0.3) is 0 Å². The maximum Gasteiger partial charge on any atom is 0.155 e. The van der Waals surface area contributed by atoms with Crippen LogP contribution < -0.4 is 0 Å². The van der Waals surface area contributed by atoms with Gasteiger partial charge in [-0.1, -0.05) is 85.8 Å². The Morgan fingerprint density at radius 2 is 1.32 bits per heavy atom. The van der Waals surface area contributed by atoms with Crippen molar-refractivity contribution < 1.29 is 15.0 Å². The fourth-order valence-electron chi connectivity index (χ4n) is 3.98. The van der Waals surface area contributed by atoms with Gasteiger partial charge in [-0.15, -0.1) is 5.73 Å². The van der Waals surface area contributed by atoms with Crippen LogP contribution in [0, 0.1) is 5.41 Å². The first-order chi connectivity index (χ1) is 15.7. The molecule has 0 aliphatic heterocycles. The summed E-state index contributed by atoms with van der Waals surface area (Å²) < 4.78 is 0. The van der Waals surface area contributed by atoms with E-state index in [1.807, 2.05) is 108 Å². The average molecular weight is 463 g/mol. The van der Waals surface area contributed by atoms with Crippen LogP contribution in [0.5, 0.6) is 0 Å². The molecule has 1 aliphatic carbocycles. The van der Waals surface area contributed by atoms with Crippen molar-refractivity contribution in [1.82, 2.24) is 0 Å². The number of hydrogen-bond donors (Lipinski definition) is 2. The molecule has 0 aromatic rings. The number of rotatable bonds is 8. The van der Waals surface area contributed by atoms with E-state index in [1.54, 1.807) is 13.8 Å². The van der Waals surface area contributed by atoms with Gasteiger partial charge in [0.15, 0.2) is 5.78 Å². The van der Waals surface area contributed by atoms with E-state index in [0.717, 1.165) is 27.9 Å². The lowest BCUT2D eigenvalue weighted by Gasteiger charge is -2.43. The third kappa shape index (κ3) is 10.5. The van der Waals surface area contributed by atoms with E-state index < -0.39 is 11.7 Å². The SMILES string of the molecule is CC(=O)/C(C)=C/C=C/C(C)=C/C=C/C=C(C)/C=C/C=C(\C)C=C=C1C(C)(C)C[C@@H](O)C[C@]1(C)O. The molecule has 0 radical (unpaired) electrons. The maximum absolute atomic E-state index is 11.2. The zero-order chi connectivity index (χ0) is 25.9. The first-order valence-corrected chi connectivity index (χ1v) is 11.9. The second-order valence-electron chi connectivity index (χ2n) is 10.1. The largest absolute Gasteiger partial charge is 0.393 e. The van der Waals surface area contributed by atoms with E-state index in [1.165, 1.54) is 0 Å². The topological polar surface area (TPSA) is 57.5 Å². The minimum atomic E-state index is -1.05. The monoisotopic (exact) mass is 462 g/mol. The maximum atomic E-state index is 11.2. The van der Waals surface area contributed by atoms with Crippen molar-refractivity contribution >= 4 is 5.78 Å². The van der Waals surface area contributed by atoms with Crippen LogP contribution in [0.3, 0.4) is 0 Å². The number of aliphatic hydroxyl groups excluding tert-OH is 1. The predicted molar refractivity (Wildman–Crippen MR) is 144 cm³/mol. The van der Waals surface area contributed by atoms with E-state index in [2.05, 4.69) is 5.73 Å². The molecule has 3 nitrogen and oxygen atoms in total. The Morgan fingerprint density at radius 1 is 0.824 bits per heavy atom. The molecular formula is C31H42O3. The molecule has 0 amide bonds. The van der Waals surface area contributed by atoms with Gasteiger partial charge in [-0.2, -0.15) is 0 Å². The number of carbonyl (C=O) groups is 1. The molecule has 3 heteroatoms. The van der Waals surface area contributed by atoms with E-state index in [0.29, 0.717) is 12.8 Å². The van der Waals surface area contributed by atoms with Crippen LogP contribution in [-0.4, -0.2) is 27.7 Å². The van der Waals surface area contributed by atoms with Gasteiger partial charge in [0.05, 0.1) is 11.7 Å².